The van der Waals surface area contributed by atoms with Crippen LogP contribution < -0.4 is 10.6 Å². The zero-order chi connectivity index (χ0) is 14.9. The number of nitrogen functional groups attached to an aromatic ring is 1. The first-order valence-corrected chi connectivity index (χ1v) is 6.60. The first-order chi connectivity index (χ1) is 9.30. The zero-order valence-corrected chi connectivity index (χ0v) is 11.4. The summed E-state index contributed by atoms with van der Waals surface area (Å²) in [5, 5.41) is 19.1. The number of carboxylic acid groups (broad SMARTS) is 1. The number of benzene rings is 1. The Morgan fingerprint density at radius 2 is 2.10 bits per heavy atom. The molecule has 0 aromatic heterocycles. The highest BCUT2D eigenvalue weighted by atomic mass is 19.1. The largest absolute Gasteiger partial charge is 0.478 e. The van der Waals surface area contributed by atoms with Crippen LogP contribution in [-0.4, -0.2) is 34.9 Å². The van der Waals surface area contributed by atoms with Gasteiger partial charge in [-0.05, 0) is 38.3 Å². The van der Waals surface area contributed by atoms with Gasteiger partial charge in [0.2, 0.25) is 0 Å². The summed E-state index contributed by atoms with van der Waals surface area (Å²) in [4.78, 5) is 12.8. The Morgan fingerprint density at radius 1 is 1.40 bits per heavy atom. The van der Waals surface area contributed by atoms with Gasteiger partial charge in [-0.1, -0.05) is 0 Å². The van der Waals surface area contributed by atoms with Gasteiger partial charge in [0.05, 0.1) is 16.9 Å². The van der Waals surface area contributed by atoms with E-state index in [4.69, 9.17) is 10.8 Å². The molecule has 0 amide bonds. The van der Waals surface area contributed by atoms with Gasteiger partial charge in [0.25, 0.3) is 0 Å². The molecule has 1 saturated heterocycles. The molecule has 1 fully saturated rings. The van der Waals surface area contributed by atoms with Crippen LogP contribution in [0.3, 0.4) is 0 Å². The number of nitrogens with two attached hydrogens (primary N) is 1. The normalized spacial score (nSPS) is 23.4. The van der Waals surface area contributed by atoms with Gasteiger partial charge in [0, 0.05) is 18.8 Å². The summed E-state index contributed by atoms with van der Waals surface area (Å²) < 4.78 is 14.0. The Balaban J connectivity index is 2.32. The maximum atomic E-state index is 14.0. The minimum absolute atomic E-state index is 0.0828. The van der Waals surface area contributed by atoms with Crippen LogP contribution in [0.15, 0.2) is 12.1 Å². The lowest BCUT2D eigenvalue weighted by atomic mass is 9.98. The number of anilines is 2. The van der Waals surface area contributed by atoms with Gasteiger partial charge >= 0.3 is 5.97 Å². The molecule has 1 aliphatic heterocycles. The molecule has 1 aromatic carbocycles. The fourth-order valence-electron chi connectivity index (χ4n) is 2.51. The van der Waals surface area contributed by atoms with E-state index in [0.29, 0.717) is 25.9 Å². The molecule has 0 saturated carbocycles. The molecule has 0 bridgehead atoms. The van der Waals surface area contributed by atoms with Crippen molar-refractivity contribution < 1.29 is 19.4 Å². The van der Waals surface area contributed by atoms with E-state index in [1.807, 2.05) is 0 Å². The van der Waals surface area contributed by atoms with Crippen molar-refractivity contribution in [2.45, 2.75) is 31.8 Å². The van der Waals surface area contributed by atoms with Crippen molar-refractivity contribution in [3.05, 3.63) is 23.5 Å². The van der Waals surface area contributed by atoms with Crippen LogP contribution in [0.2, 0.25) is 0 Å². The summed E-state index contributed by atoms with van der Waals surface area (Å²) in [7, 11) is 0. The van der Waals surface area contributed by atoms with E-state index in [-0.39, 0.29) is 16.9 Å². The van der Waals surface area contributed by atoms with Gasteiger partial charge < -0.3 is 20.8 Å². The van der Waals surface area contributed by atoms with Gasteiger partial charge in [0.15, 0.2) is 0 Å². The molecule has 1 atom stereocenters. The summed E-state index contributed by atoms with van der Waals surface area (Å²) in [5.74, 6) is -1.71. The van der Waals surface area contributed by atoms with E-state index in [0.717, 1.165) is 12.5 Å². The van der Waals surface area contributed by atoms with E-state index < -0.39 is 17.4 Å². The molecular formula is C14H19FN2O3. The van der Waals surface area contributed by atoms with Crippen LogP contribution in [0.1, 0.15) is 36.5 Å². The first-order valence-electron chi connectivity index (χ1n) is 6.60. The fourth-order valence-corrected chi connectivity index (χ4v) is 2.51. The number of aliphatic hydroxyl groups is 1. The molecule has 1 aromatic rings. The van der Waals surface area contributed by atoms with Gasteiger partial charge in [-0.15, -0.1) is 0 Å². The van der Waals surface area contributed by atoms with Crippen LogP contribution in [0.25, 0.3) is 0 Å². The van der Waals surface area contributed by atoms with E-state index in [1.165, 1.54) is 6.07 Å². The third-order valence-corrected chi connectivity index (χ3v) is 3.75. The number of aromatic carboxylic acids is 1. The van der Waals surface area contributed by atoms with Gasteiger partial charge in [-0.2, -0.15) is 0 Å². The second-order valence-electron chi connectivity index (χ2n) is 5.53. The zero-order valence-electron chi connectivity index (χ0n) is 11.4. The molecule has 1 unspecified atom stereocenters. The summed E-state index contributed by atoms with van der Waals surface area (Å²) in [6.45, 7) is 2.82. The SMILES string of the molecule is CC1(O)CCCN(c2cc(C(=O)O)c(N)cc2F)CC1. The van der Waals surface area contributed by atoms with Crippen LogP contribution in [0.5, 0.6) is 0 Å². The third kappa shape index (κ3) is 3.01. The summed E-state index contributed by atoms with van der Waals surface area (Å²) >= 11 is 0. The molecule has 4 N–H and O–H groups in total. The third-order valence-electron chi connectivity index (χ3n) is 3.75. The molecule has 0 radical (unpaired) electrons. The number of carbonyl (C=O) groups is 1. The average Bonchev–Trinajstić information content (AvgIpc) is 2.50. The average molecular weight is 282 g/mol. The Hall–Kier alpha value is -1.82. The number of nitrogens with zero attached hydrogens (tertiary/aromatic N) is 1. The number of hydrogen-bond donors (Lipinski definition) is 3. The predicted molar refractivity (Wildman–Crippen MR) is 74.5 cm³/mol. The van der Waals surface area contributed by atoms with Crippen LogP contribution in [0.4, 0.5) is 15.8 Å². The molecule has 0 aliphatic carbocycles. The van der Waals surface area contributed by atoms with Crippen molar-refractivity contribution in [2.24, 2.45) is 0 Å². The number of carboxylic acids is 1. The lowest BCUT2D eigenvalue weighted by Gasteiger charge is -2.25. The van der Waals surface area contributed by atoms with Gasteiger partial charge in [-0.3, -0.25) is 0 Å². The summed E-state index contributed by atoms with van der Waals surface area (Å²) in [6.07, 6.45) is 1.88. The minimum Gasteiger partial charge on any atom is -0.478 e. The van der Waals surface area contributed by atoms with Crippen molar-refractivity contribution in [2.75, 3.05) is 23.7 Å². The first kappa shape index (κ1) is 14.6. The number of halogens is 1. The maximum absolute atomic E-state index is 14.0. The van der Waals surface area contributed by atoms with E-state index >= 15 is 0 Å². The maximum Gasteiger partial charge on any atom is 0.337 e. The quantitative estimate of drug-likeness (QED) is 0.721. The van der Waals surface area contributed by atoms with Crippen molar-refractivity contribution in [1.82, 2.24) is 0 Å². The smallest absolute Gasteiger partial charge is 0.337 e. The Kier molecular flexibility index (Phi) is 3.85. The summed E-state index contributed by atoms with van der Waals surface area (Å²) in [6, 6.07) is 2.31. The van der Waals surface area contributed by atoms with E-state index in [1.54, 1.807) is 11.8 Å². The molecule has 5 nitrogen and oxygen atoms in total. The molecule has 1 aliphatic rings. The number of hydrogen-bond acceptors (Lipinski definition) is 4. The topological polar surface area (TPSA) is 86.8 Å². The van der Waals surface area contributed by atoms with Crippen molar-refractivity contribution in [1.29, 1.82) is 0 Å². The second-order valence-corrected chi connectivity index (χ2v) is 5.53. The molecule has 110 valence electrons. The van der Waals surface area contributed by atoms with Gasteiger partial charge in [0.1, 0.15) is 5.82 Å². The predicted octanol–water partition coefficient (Wildman–Crippen LogP) is 1.85. The highest BCUT2D eigenvalue weighted by Crippen LogP contribution is 2.29. The summed E-state index contributed by atoms with van der Waals surface area (Å²) in [5.41, 5.74) is 4.81. The molecule has 6 heteroatoms. The minimum atomic E-state index is -1.18. The standard InChI is InChI=1S/C14H19FN2O3/c1-14(20)3-2-5-17(6-4-14)12-7-9(13(18)19)11(16)8-10(12)15/h7-8,20H,2-6,16H2,1H3,(H,18,19). The Bertz CT molecular complexity index is 531. The fraction of sp³-hybridized carbons (Fsp3) is 0.500. The van der Waals surface area contributed by atoms with Crippen LogP contribution in [-0.2, 0) is 0 Å². The van der Waals surface area contributed by atoms with Crippen molar-refractivity contribution in [3.8, 4) is 0 Å². The van der Waals surface area contributed by atoms with Crippen LogP contribution in [0, 0.1) is 5.82 Å². The van der Waals surface area contributed by atoms with Crippen LogP contribution >= 0.6 is 0 Å². The monoisotopic (exact) mass is 282 g/mol. The van der Waals surface area contributed by atoms with E-state index in [9.17, 15) is 14.3 Å². The molecule has 0 spiro atoms. The molecule has 2 rings (SSSR count). The molecule has 1 heterocycles. The Labute approximate surface area is 116 Å². The highest BCUT2D eigenvalue weighted by Gasteiger charge is 2.26. The molecule has 20 heavy (non-hydrogen) atoms. The lowest BCUT2D eigenvalue weighted by Crippen LogP contribution is -2.29. The van der Waals surface area contributed by atoms with Crippen molar-refractivity contribution in [3.63, 3.8) is 0 Å². The highest BCUT2D eigenvalue weighted by molar-refractivity contribution is 5.95. The lowest BCUT2D eigenvalue weighted by molar-refractivity contribution is 0.0481. The second kappa shape index (κ2) is 5.28. The van der Waals surface area contributed by atoms with Gasteiger partial charge in [-0.25, -0.2) is 9.18 Å². The number of rotatable bonds is 2. The Morgan fingerprint density at radius 3 is 2.75 bits per heavy atom. The van der Waals surface area contributed by atoms with Crippen molar-refractivity contribution >= 4 is 17.3 Å². The van der Waals surface area contributed by atoms with E-state index in [2.05, 4.69) is 0 Å². The molecular weight excluding hydrogens is 263 g/mol.